The van der Waals surface area contributed by atoms with E-state index in [4.69, 9.17) is 23.4 Å². The first kappa shape index (κ1) is 28.9. The average molecular weight is 580 g/mol. The van der Waals surface area contributed by atoms with Gasteiger partial charge < -0.3 is 49.1 Å². The number of nitrogens with one attached hydrogen (secondary N) is 1. The maximum absolute atomic E-state index is 13.0. The number of aromatic hydroxyl groups is 1. The monoisotopic (exact) mass is 579 g/mol. The van der Waals surface area contributed by atoms with Gasteiger partial charge in [-0.15, -0.1) is 0 Å². The standard InChI is InChI=1S/C30H29NO11/c1-14-4-8-16(9-5-14)31-29(37)28-25(35)24(34)26(36)30(42-28)41-21-13-20-22(23(33)27(21)39-3)18(32)12-19(40-20)15-6-10-17(38-2)11-7-15/h4-13,24-26,28,30,33-36H,1-3H3,(H,31,37). The summed E-state index contributed by atoms with van der Waals surface area (Å²) in [5.41, 5.74) is 1.29. The lowest BCUT2D eigenvalue weighted by Gasteiger charge is -2.39. The van der Waals surface area contributed by atoms with E-state index in [1.54, 1.807) is 48.5 Å². The van der Waals surface area contributed by atoms with E-state index >= 15 is 0 Å². The van der Waals surface area contributed by atoms with Crippen molar-refractivity contribution < 1.29 is 48.6 Å². The van der Waals surface area contributed by atoms with Crippen LogP contribution in [0.1, 0.15) is 5.56 Å². The Balaban J connectivity index is 1.48. The van der Waals surface area contributed by atoms with E-state index in [1.165, 1.54) is 26.4 Å². The predicted octanol–water partition coefficient (Wildman–Crippen LogP) is 2.32. The molecule has 5 atom stereocenters. The number of aliphatic hydroxyl groups excluding tert-OH is 3. The van der Waals surface area contributed by atoms with E-state index in [2.05, 4.69) is 5.32 Å². The van der Waals surface area contributed by atoms with Crippen LogP contribution in [0.3, 0.4) is 0 Å². The van der Waals surface area contributed by atoms with Gasteiger partial charge in [-0.2, -0.15) is 0 Å². The van der Waals surface area contributed by atoms with Crippen molar-refractivity contribution in [2.45, 2.75) is 37.6 Å². The number of benzene rings is 3. The zero-order valence-corrected chi connectivity index (χ0v) is 22.8. The highest BCUT2D eigenvalue weighted by Crippen LogP contribution is 2.43. The number of fused-ring (bicyclic) bond motifs is 1. The molecule has 1 aliphatic heterocycles. The smallest absolute Gasteiger partial charge is 0.256 e. The molecule has 0 bridgehead atoms. The maximum Gasteiger partial charge on any atom is 0.256 e. The number of hydrogen-bond donors (Lipinski definition) is 5. The number of phenolic OH excluding ortho intramolecular Hbond substituents is 1. The normalized spacial score (nSPS) is 22.0. The van der Waals surface area contributed by atoms with E-state index in [-0.39, 0.29) is 28.2 Å². The molecule has 2 heterocycles. The van der Waals surface area contributed by atoms with Gasteiger partial charge in [0, 0.05) is 23.4 Å². The fraction of sp³-hybridized carbons (Fsp3) is 0.267. The largest absolute Gasteiger partial charge is 0.504 e. The molecule has 12 heteroatoms. The second-order valence-corrected chi connectivity index (χ2v) is 9.70. The number of methoxy groups -OCH3 is 2. The van der Waals surface area contributed by atoms with Crippen molar-refractivity contribution >= 4 is 22.6 Å². The zero-order valence-electron chi connectivity index (χ0n) is 22.8. The molecule has 1 saturated heterocycles. The van der Waals surface area contributed by atoms with Crippen LogP contribution in [0.5, 0.6) is 23.0 Å². The fourth-order valence-corrected chi connectivity index (χ4v) is 4.58. The summed E-state index contributed by atoms with van der Waals surface area (Å²) in [6.45, 7) is 1.88. The van der Waals surface area contributed by atoms with Crippen LogP contribution in [-0.2, 0) is 9.53 Å². The highest BCUT2D eigenvalue weighted by atomic mass is 16.7. The van der Waals surface area contributed by atoms with Crippen molar-refractivity contribution in [1.82, 2.24) is 0 Å². The van der Waals surface area contributed by atoms with Gasteiger partial charge in [-0.1, -0.05) is 17.7 Å². The molecule has 0 aliphatic carbocycles. The molecule has 1 aliphatic rings. The highest BCUT2D eigenvalue weighted by Gasteiger charge is 2.48. The molecule has 220 valence electrons. The quantitative estimate of drug-likeness (QED) is 0.217. The summed E-state index contributed by atoms with van der Waals surface area (Å²) in [5.74, 6) is -1.13. The molecule has 1 aromatic heterocycles. The molecule has 12 nitrogen and oxygen atoms in total. The molecule has 42 heavy (non-hydrogen) atoms. The highest BCUT2D eigenvalue weighted by molar-refractivity contribution is 5.95. The van der Waals surface area contributed by atoms with Crippen molar-refractivity contribution in [3.05, 3.63) is 76.5 Å². The van der Waals surface area contributed by atoms with Crippen LogP contribution in [0.4, 0.5) is 5.69 Å². The Bertz CT molecular complexity index is 1650. The minimum absolute atomic E-state index is 0.0823. The van der Waals surface area contributed by atoms with Crippen LogP contribution in [0, 0.1) is 6.92 Å². The third-order valence-corrected chi connectivity index (χ3v) is 6.88. The number of hydrogen-bond acceptors (Lipinski definition) is 11. The molecule has 0 saturated carbocycles. The first-order chi connectivity index (χ1) is 20.1. The first-order valence-corrected chi connectivity index (χ1v) is 12.9. The minimum atomic E-state index is -1.84. The number of rotatable bonds is 7. The predicted molar refractivity (Wildman–Crippen MR) is 150 cm³/mol. The van der Waals surface area contributed by atoms with Crippen molar-refractivity contribution in [3.8, 4) is 34.3 Å². The Hall–Kier alpha value is -4.62. The summed E-state index contributed by atoms with van der Waals surface area (Å²) < 4.78 is 27.7. The van der Waals surface area contributed by atoms with E-state index < -0.39 is 47.8 Å². The summed E-state index contributed by atoms with van der Waals surface area (Å²) in [5, 5.41) is 45.0. The fourth-order valence-electron chi connectivity index (χ4n) is 4.58. The second kappa shape index (κ2) is 11.7. The summed E-state index contributed by atoms with van der Waals surface area (Å²) in [4.78, 5) is 25.9. The lowest BCUT2D eigenvalue weighted by Crippen LogP contribution is -2.62. The van der Waals surface area contributed by atoms with E-state index in [1.807, 2.05) is 6.92 Å². The Morgan fingerprint density at radius 3 is 2.24 bits per heavy atom. The van der Waals surface area contributed by atoms with Crippen LogP contribution >= 0.6 is 0 Å². The zero-order chi connectivity index (χ0) is 30.1. The van der Waals surface area contributed by atoms with Gasteiger partial charge in [-0.05, 0) is 43.3 Å². The van der Waals surface area contributed by atoms with Gasteiger partial charge >= 0.3 is 0 Å². The van der Waals surface area contributed by atoms with Crippen molar-refractivity contribution in [2.24, 2.45) is 0 Å². The number of anilines is 1. The van der Waals surface area contributed by atoms with Crippen LogP contribution in [0.15, 0.2) is 69.9 Å². The van der Waals surface area contributed by atoms with Gasteiger partial charge in [0.05, 0.1) is 14.2 Å². The third kappa shape index (κ3) is 5.48. The summed E-state index contributed by atoms with van der Waals surface area (Å²) in [6.07, 6.45) is -8.79. The molecule has 4 aromatic rings. The molecule has 0 radical (unpaired) electrons. The molecular weight excluding hydrogens is 550 g/mol. The first-order valence-electron chi connectivity index (χ1n) is 12.9. The second-order valence-electron chi connectivity index (χ2n) is 9.70. The number of carbonyl (C=O) groups is 1. The number of ether oxygens (including phenoxy) is 4. The van der Waals surface area contributed by atoms with Gasteiger partial charge in [0.15, 0.2) is 23.0 Å². The maximum atomic E-state index is 13.0. The van der Waals surface area contributed by atoms with Gasteiger partial charge in [-0.25, -0.2) is 0 Å². The van der Waals surface area contributed by atoms with E-state index in [0.717, 1.165) is 5.56 Å². The lowest BCUT2D eigenvalue weighted by molar-refractivity contribution is -0.265. The molecule has 5 N–H and O–H groups in total. The van der Waals surface area contributed by atoms with Crippen molar-refractivity contribution in [2.75, 3.05) is 19.5 Å². The van der Waals surface area contributed by atoms with Gasteiger partial charge in [0.25, 0.3) is 5.91 Å². The van der Waals surface area contributed by atoms with Gasteiger partial charge in [-0.3, -0.25) is 9.59 Å². The molecule has 1 amide bonds. The Labute approximate surface area is 239 Å². The molecule has 5 unspecified atom stereocenters. The van der Waals surface area contributed by atoms with Gasteiger partial charge in [0.2, 0.25) is 12.0 Å². The van der Waals surface area contributed by atoms with E-state index in [0.29, 0.717) is 17.0 Å². The van der Waals surface area contributed by atoms with Crippen LogP contribution < -0.4 is 25.0 Å². The number of aryl methyl sites for hydroxylation is 1. The number of carbonyl (C=O) groups excluding carboxylic acids is 1. The third-order valence-electron chi connectivity index (χ3n) is 6.88. The molecule has 5 rings (SSSR count). The lowest BCUT2D eigenvalue weighted by atomic mass is 9.98. The minimum Gasteiger partial charge on any atom is -0.504 e. The van der Waals surface area contributed by atoms with Crippen LogP contribution in [-0.4, -0.2) is 71.3 Å². The number of amides is 1. The number of phenols is 1. The Kier molecular flexibility index (Phi) is 8.05. The summed E-state index contributed by atoms with van der Waals surface area (Å²) >= 11 is 0. The molecule has 3 aromatic carbocycles. The van der Waals surface area contributed by atoms with Crippen molar-refractivity contribution in [3.63, 3.8) is 0 Å². The Morgan fingerprint density at radius 2 is 1.60 bits per heavy atom. The summed E-state index contributed by atoms with van der Waals surface area (Å²) in [6, 6.07) is 16.1. The van der Waals surface area contributed by atoms with Crippen LogP contribution in [0.25, 0.3) is 22.3 Å². The van der Waals surface area contributed by atoms with Crippen molar-refractivity contribution in [1.29, 1.82) is 0 Å². The molecule has 0 spiro atoms. The Morgan fingerprint density at radius 1 is 0.905 bits per heavy atom. The number of aliphatic hydroxyl groups is 3. The van der Waals surface area contributed by atoms with Gasteiger partial charge in [0.1, 0.15) is 40.8 Å². The van der Waals surface area contributed by atoms with Crippen LogP contribution in [0.2, 0.25) is 0 Å². The average Bonchev–Trinajstić information content (AvgIpc) is 2.98. The molecular formula is C30H29NO11. The van der Waals surface area contributed by atoms with E-state index in [9.17, 15) is 30.0 Å². The summed E-state index contributed by atoms with van der Waals surface area (Å²) in [7, 11) is 2.74. The SMILES string of the molecule is COc1ccc(-c2cc(=O)c3c(O)c(OC)c(OC4OC(C(=O)Nc5ccc(C)cc5)C(O)C(O)C4O)cc3o2)cc1. The molecule has 1 fully saturated rings. The topological polar surface area (TPSA) is 177 Å².